The van der Waals surface area contributed by atoms with Crippen LogP contribution in [0.5, 0.6) is 0 Å². The van der Waals surface area contributed by atoms with Crippen molar-refractivity contribution >= 4 is 40.6 Å². The summed E-state index contributed by atoms with van der Waals surface area (Å²) >= 11 is 7.95. The molecule has 4 rings (SSSR count). The van der Waals surface area contributed by atoms with E-state index in [1.807, 2.05) is 33.7 Å². The van der Waals surface area contributed by atoms with Crippen LogP contribution in [-0.4, -0.2) is 46.4 Å². The van der Waals surface area contributed by atoms with Crippen LogP contribution >= 0.6 is 22.9 Å². The molecule has 3 aromatic rings. The van der Waals surface area contributed by atoms with E-state index in [2.05, 4.69) is 21.8 Å². The van der Waals surface area contributed by atoms with Gasteiger partial charge in [-0.1, -0.05) is 17.7 Å². The van der Waals surface area contributed by atoms with Crippen LogP contribution in [0, 0.1) is 0 Å². The standard InChI is InChI=1S/C19H19ClN4OS/c20-19-16(24-7-2-1-3-17(24)21-19)4-5-18(25)23-10-8-22(9-11-23)13-15-6-12-26-14-15/h1-7,12,14H,8-11,13H2/p+1/b5-4+. The molecular weight excluding hydrogens is 368 g/mol. The first-order chi connectivity index (χ1) is 12.7. The van der Waals surface area contributed by atoms with E-state index in [1.165, 1.54) is 10.5 Å². The van der Waals surface area contributed by atoms with Crippen molar-refractivity contribution in [3.63, 3.8) is 0 Å². The summed E-state index contributed by atoms with van der Waals surface area (Å²) in [4.78, 5) is 20.3. The Hall–Kier alpha value is -2.15. The minimum absolute atomic E-state index is 0.0292. The predicted molar refractivity (Wildman–Crippen MR) is 105 cm³/mol. The van der Waals surface area contributed by atoms with Crippen LogP contribution in [0.1, 0.15) is 11.3 Å². The number of hydrogen-bond acceptors (Lipinski definition) is 3. The van der Waals surface area contributed by atoms with Crippen molar-refractivity contribution in [1.82, 2.24) is 14.3 Å². The van der Waals surface area contributed by atoms with Crippen LogP contribution in [0.4, 0.5) is 0 Å². The molecule has 0 unspecified atom stereocenters. The fraction of sp³-hybridized carbons (Fsp3) is 0.263. The molecular formula is C19H20ClN4OS+. The highest BCUT2D eigenvalue weighted by Crippen LogP contribution is 2.19. The maximum Gasteiger partial charge on any atom is 0.247 e. The molecule has 1 fully saturated rings. The van der Waals surface area contributed by atoms with Crippen molar-refractivity contribution in [3.8, 4) is 0 Å². The summed E-state index contributed by atoms with van der Waals surface area (Å²) in [6.45, 7) is 4.56. The van der Waals surface area contributed by atoms with Gasteiger partial charge in [0.1, 0.15) is 12.2 Å². The molecule has 0 spiro atoms. The maximum absolute atomic E-state index is 12.5. The van der Waals surface area contributed by atoms with Gasteiger partial charge >= 0.3 is 0 Å². The van der Waals surface area contributed by atoms with Crippen LogP contribution in [0.3, 0.4) is 0 Å². The van der Waals surface area contributed by atoms with Gasteiger partial charge in [0, 0.05) is 17.8 Å². The lowest BCUT2D eigenvalue weighted by atomic mass is 10.2. The first-order valence-electron chi connectivity index (χ1n) is 8.65. The molecule has 0 aliphatic carbocycles. The zero-order valence-corrected chi connectivity index (χ0v) is 15.8. The number of nitrogens with zero attached hydrogens (tertiary/aromatic N) is 3. The van der Waals surface area contributed by atoms with Gasteiger partial charge in [-0.25, -0.2) is 4.98 Å². The first-order valence-corrected chi connectivity index (χ1v) is 9.97. The number of amides is 1. The lowest BCUT2D eigenvalue weighted by Gasteiger charge is -2.31. The van der Waals surface area contributed by atoms with Gasteiger partial charge in [-0.15, -0.1) is 0 Å². The van der Waals surface area contributed by atoms with Crippen molar-refractivity contribution in [1.29, 1.82) is 0 Å². The van der Waals surface area contributed by atoms with Crippen molar-refractivity contribution < 1.29 is 9.69 Å². The van der Waals surface area contributed by atoms with Gasteiger partial charge in [0.15, 0.2) is 5.15 Å². The third-order valence-corrected chi connectivity index (χ3v) is 5.73. The highest BCUT2D eigenvalue weighted by molar-refractivity contribution is 7.07. The molecule has 0 aromatic carbocycles. The Bertz CT molecular complexity index is 926. The summed E-state index contributed by atoms with van der Waals surface area (Å²) in [6, 6.07) is 7.90. The highest BCUT2D eigenvalue weighted by Gasteiger charge is 2.22. The Balaban J connectivity index is 1.38. The van der Waals surface area contributed by atoms with E-state index in [0.717, 1.165) is 44.1 Å². The van der Waals surface area contributed by atoms with Crippen LogP contribution in [-0.2, 0) is 11.3 Å². The summed E-state index contributed by atoms with van der Waals surface area (Å²) in [6.07, 6.45) is 5.26. The zero-order chi connectivity index (χ0) is 17.9. The number of piperazine rings is 1. The number of halogens is 1. The Labute approximate surface area is 161 Å². The Morgan fingerprint density at radius 1 is 1.31 bits per heavy atom. The van der Waals surface area contributed by atoms with E-state index < -0.39 is 0 Å². The van der Waals surface area contributed by atoms with Gasteiger partial charge in [0.25, 0.3) is 0 Å². The first kappa shape index (κ1) is 17.3. The van der Waals surface area contributed by atoms with E-state index in [9.17, 15) is 4.79 Å². The number of hydrogen-bond donors (Lipinski definition) is 1. The maximum atomic E-state index is 12.5. The molecule has 0 radical (unpaired) electrons. The van der Waals surface area contributed by atoms with Crippen molar-refractivity contribution in [2.24, 2.45) is 0 Å². The van der Waals surface area contributed by atoms with Crippen molar-refractivity contribution in [2.75, 3.05) is 26.2 Å². The van der Waals surface area contributed by atoms with E-state index in [1.54, 1.807) is 23.5 Å². The fourth-order valence-corrected chi connectivity index (χ4v) is 4.20. The third kappa shape index (κ3) is 3.67. The lowest BCUT2D eigenvalue weighted by Crippen LogP contribution is -3.13. The number of carbonyl (C=O) groups is 1. The van der Waals surface area contributed by atoms with Gasteiger partial charge < -0.3 is 9.80 Å². The summed E-state index contributed by atoms with van der Waals surface area (Å²) < 4.78 is 1.88. The van der Waals surface area contributed by atoms with E-state index in [4.69, 9.17) is 11.6 Å². The van der Waals surface area contributed by atoms with Gasteiger partial charge in [0.05, 0.1) is 31.9 Å². The summed E-state index contributed by atoms with van der Waals surface area (Å²) in [5.41, 5.74) is 2.89. The molecule has 1 N–H and O–H groups in total. The second kappa shape index (κ2) is 7.61. The number of aromatic nitrogens is 2. The van der Waals surface area contributed by atoms with Crippen molar-refractivity contribution in [3.05, 3.63) is 63.7 Å². The number of nitrogens with one attached hydrogen (secondary N) is 1. The third-order valence-electron chi connectivity index (χ3n) is 4.72. The Kier molecular flexibility index (Phi) is 5.06. The van der Waals surface area contributed by atoms with Gasteiger partial charge in [-0.2, -0.15) is 11.3 Å². The molecule has 1 amide bonds. The Morgan fingerprint density at radius 2 is 2.15 bits per heavy atom. The van der Waals surface area contributed by atoms with Crippen LogP contribution in [0.25, 0.3) is 11.7 Å². The largest absolute Gasteiger partial charge is 0.328 e. The summed E-state index contributed by atoms with van der Waals surface area (Å²) in [5.74, 6) is 0.0292. The van der Waals surface area contributed by atoms with E-state index in [-0.39, 0.29) is 5.91 Å². The Morgan fingerprint density at radius 3 is 2.92 bits per heavy atom. The number of rotatable bonds is 4. The van der Waals surface area contributed by atoms with Gasteiger partial charge in [-0.3, -0.25) is 9.20 Å². The molecule has 0 bridgehead atoms. The fourth-order valence-electron chi connectivity index (χ4n) is 3.29. The van der Waals surface area contributed by atoms with Crippen LogP contribution in [0.2, 0.25) is 5.15 Å². The second-order valence-corrected chi connectivity index (χ2v) is 7.57. The molecule has 0 saturated carbocycles. The molecule has 134 valence electrons. The summed E-state index contributed by atoms with van der Waals surface area (Å²) in [7, 11) is 0. The van der Waals surface area contributed by atoms with Crippen LogP contribution in [0.15, 0.2) is 47.3 Å². The normalized spacial score (nSPS) is 16.0. The van der Waals surface area contributed by atoms with Crippen molar-refractivity contribution in [2.45, 2.75) is 6.54 Å². The predicted octanol–water partition coefficient (Wildman–Crippen LogP) is 1.99. The molecule has 7 heteroatoms. The number of carbonyl (C=O) groups excluding carboxylic acids is 1. The molecule has 5 nitrogen and oxygen atoms in total. The number of imidazole rings is 1. The topological polar surface area (TPSA) is 42.1 Å². The highest BCUT2D eigenvalue weighted by atomic mass is 35.5. The number of thiophene rings is 1. The molecule has 26 heavy (non-hydrogen) atoms. The molecule has 4 heterocycles. The average Bonchev–Trinajstić information content (AvgIpc) is 3.27. The summed E-state index contributed by atoms with van der Waals surface area (Å²) in [5, 5.41) is 4.72. The average molecular weight is 388 g/mol. The smallest absolute Gasteiger partial charge is 0.247 e. The van der Waals surface area contributed by atoms with Gasteiger partial charge in [-0.05, 0) is 35.0 Å². The molecule has 3 aromatic heterocycles. The van der Waals surface area contributed by atoms with Gasteiger partial charge in [0.2, 0.25) is 5.91 Å². The zero-order valence-electron chi connectivity index (χ0n) is 14.3. The molecule has 1 saturated heterocycles. The lowest BCUT2D eigenvalue weighted by molar-refractivity contribution is -0.917. The van der Waals surface area contributed by atoms with E-state index >= 15 is 0 Å². The molecule has 0 atom stereocenters. The number of fused-ring (bicyclic) bond motifs is 1. The minimum Gasteiger partial charge on any atom is -0.328 e. The molecule has 1 aliphatic heterocycles. The second-order valence-electron chi connectivity index (χ2n) is 6.43. The minimum atomic E-state index is 0.0292. The number of quaternary nitrogens is 1. The SMILES string of the molecule is O=C(/C=C/c1c(Cl)nc2ccccn12)N1CC[NH+](Cc2ccsc2)CC1. The van der Waals surface area contributed by atoms with Crippen LogP contribution < -0.4 is 4.90 Å². The monoisotopic (exact) mass is 387 g/mol. The number of pyridine rings is 1. The quantitative estimate of drug-likeness (QED) is 0.696. The van der Waals surface area contributed by atoms with E-state index in [0.29, 0.717) is 5.15 Å². The molecule has 1 aliphatic rings.